The first-order valence-electron chi connectivity index (χ1n) is 4.95. The highest BCUT2D eigenvalue weighted by atomic mass is 16.3. The summed E-state index contributed by atoms with van der Waals surface area (Å²) in [6.07, 6.45) is 2.56. The van der Waals surface area contributed by atoms with Crippen molar-refractivity contribution in [2.24, 2.45) is 0 Å². The van der Waals surface area contributed by atoms with E-state index < -0.39 is 0 Å². The van der Waals surface area contributed by atoms with Gasteiger partial charge in [-0.2, -0.15) is 0 Å². The third-order valence-electron chi connectivity index (χ3n) is 2.13. The zero-order valence-corrected chi connectivity index (χ0v) is 9.33. The fourth-order valence-corrected chi connectivity index (χ4v) is 1.24. The number of aryl methyl sites for hydroxylation is 1. The molecule has 1 heterocycles. The summed E-state index contributed by atoms with van der Waals surface area (Å²) in [7, 11) is 0. The SMILES string of the molecule is CCc1nc(C(C)(C)C)ncc1CO. The Labute approximate surface area is 85.2 Å². The zero-order valence-electron chi connectivity index (χ0n) is 9.33. The molecular weight excluding hydrogens is 176 g/mol. The molecule has 0 saturated heterocycles. The predicted molar refractivity (Wildman–Crippen MR) is 56.0 cm³/mol. The van der Waals surface area contributed by atoms with Crippen LogP contribution in [0.25, 0.3) is 0 Å². The molecule has 0 aliphatic rings. The third-order valence-corrected chi connectivity index (χ3v) is 2.13. The van der Waals surface area contributed by atoms with Crippen LogP contribution < -0.4 is 0 Å². The summed E-state index contributed by atoms with van der Waals surface area (Å²) in [5, 5.41) is 9.06. The number of aromatic nitrogens is 2. The molecule has 78 valence electrons. The number of nitrogens with zero attached hydrogens (tertiary/aromatic N) is 2. The predicted octanol–water partition coefficient (Wildman–Crippen LogP) is 1.83. The molecule has 1 rings (SSSR count). The van der Waals surface area contributed by atoms with Crippen LogP contribution in [0.1, 0.15) is 44.8 Å². The Morgan fingerprint density at radius 2 is 2.00 bits per heavy atom. The maximum Gasteiger partial charge on any atom is 0.133 e. The fraction of sp³-hybridized carbons (Fsp3) is 0.636. The average Bonchev–Trinajstić information content (AvgIpc) is 2.15. The minimum atomic E-state index is -0.0299. The van der Waals surface area contributed by atoms with Gasteiger partial charge in [0, 0.05) is 22.9 Å². The Morgan fingerprint density at radius 3 is 2.43 bits per heavy atom. The lowest BCUT2D eigenvalue weighted by atomic mass is 9.95. The molecule has 0 aliphatic heterocycles. The van der Waals surface area contributed by atoms with Crippen molar-refractivity contribution < 1.29 is 5.11 Å². The highest BCUT2D eigenvalue weighted by Crippen LogP contribution is 2.19. The molecule has 0 aromatic carbocycles. The summed E-state index contributed by atoms with van der Waals surface area (Å²) in [4.78, 5) is 8.72. The Balaban J connectivity index is 3.14. The van der Waals surface area contributed by atoms with Gasteiger partial charge in [-0.05, 0) is 6.42 Å². The van der Waals surface area contributed by atoms with Crippen LogP contribution in [-0.4, -0.2) is 15.1 Å². The second kappa shape index (κ2) is 4.05. The Kier molecular flexibility index (Phi) is 3.21. The Hall–Kier alpha value is -0.960. The number of aliphatic hydroxyl groups is 1. The van der Waals surface area contributed by atoms with Gasteiger partial charge in [-0.3, -0.25) is 0 Å². The van der Waals surface area contributed by atoms with Crippen molar-refractivity contribution >= 4 is 0 Å². The summed E-state index contributed by atoms with van der Waals surface area (Å²) in [6, 6.07) is 0. The van der Waals surface area contributed by atoms with Crippen molar-refractivity contribution in [1.82, 2.24) is 9.97 Å². The first kappa shape index (κ1) is 11.1. The minimum absolute atomic E-state index is 0.0214. The van der Waals surface area contributed by atoms with Gasteiger partial charge in [0.05, 0.1) is 6.61 Å². The lowest BCUT2D eigenvalue weighted by Crippen LogP contribution is -2.17. The summed E-state index contributed by atoms with van der Waals surface area (Å²) in [5.41, 5.74) is 1.76. The second-order valence-electron chi connectivity index (χ2n) is 4.43. The molecular formula is C11H18N2O. The number of aliphatic hydroxyl groups excluding tert-OH is 1. The summed E-state index contributed by atoms with van der Waals surface area (Å²) < 4.78 is 0. The van der Waals surface area contributed by atoms with Gasteiger partial charge < -0.3 is 5.11 Å². The average molecular weight is 194 g/mol. The lowest BCUT2D eigenvalue weighted by Gasteiger charge is -2.17. The quantitative estimate of drug-likeness (QED) is 0.781. The Morgan fingerprint density at radius 1 is 1.36 bits per heavy atom. The topological polar surface area (TPSA) is 46.0 Å². The van der Waals surface area contributed by atoms with Gasteiger partial charge >= 0.3 is 0 Å². The van der Waals surface area contributed by atoms with Crippen molar-refractivity contribution in [2.75, 3.05) is 0 Å². The molecule has 0 spiro atoms. The van der Waals surface area contributed by atoms with Crippen molar-refractivity contribution in [3.05, 3.63) is 23.3 Å². The number of rotatable bonds is 2. The van der Waals surface area contributed by atoms with Gasteiger partial charge in [0.25, 0.3) is 0 Å². The normalized spacial score (nSPS) is 11.8. The molecule has 0 radical (unpaired) electrons. The molecule has 0 atom stereocenters. The largest absolute Gasteiger partial charge is 0.392 e. The van der Waals surface area contributed by atoms with Gasteiger partial charge in [0.1, 0.15) is 5.82 Å². The van der Waals surface area contributed by atoms with E-state index in [9.17, 15) is 0 Å². The molecule has 3 heteroatoms. The van der Waals surface area contributed by atoms with Crippen LogP contribution in [0.3, 0.4) is 0 Å². The second-order valence-corrected chi connectivity index (χ2v) is 4.43. The molecule has 1 aromatic heterocycles. The first-order valence-corrected chi connectivity index (χ1v) is 4.95. The van der Waals surface area contributed by atoms with Crippen molar-refractivity contribution in [2.45, 2.75) is 46.1 Å². The number of hydrogen-bond acceptors (Lipinski definition) is 3. The van der Waals surface area contributed by atoms with Gasteiger partial charge in [-0.1, -0.05) is 27.7 Å². The minimum Gasteiger partial charge on any atom is -0.392 e. The highest BCUT2D eigenvalue weighted by molar-refractivity contribution is 5.18. The van der Waals surface area contributed by atoms with Crippen molar-refractivity contribution in [3.63, 3.8) is 0 Å². The molecule has 0 bridgehead atoms. The van der Waals surface area contributed by atoms with E-state index in [1.165, 1.54) is 0 Å². The van der Waals surface area contributed by atoms with Crippen LogP contribution in [0.4, 0.5) is 0 Å². The monoisotopic (exact) mass is 194 g/mol. The molecule has 0 amide bonds. The molecule has 0 saturated carbocycles. The van der Waals surface area contributed by atoms with E-state index >= 15 is 0 Å². The van der Waals surface area contributed by atoms with E-state index in [-0.39, 0.29) is 12.0 Å². The summed E-state index contributed by atoms with van der Waals surface area (Å²) in [5.74, 6) is 0.839. The van der Waals surface area contributed by atoms with Crippen LogP contribution in [0.2, 0.25) is 0 Å². The lowest BCUT2D eigenvalue weighted by molar-refractivity contribution is 0.279. The van der Waals surface area contributed by atoms with E-state index in [0.29, 0.717) is 0 Å². The van der Waals surface area contributed by atoms with Gasteiger partial charge in [0.2, 0.25) is 0 Å². The summed E-state index contributed by atoms with van der Waals surface area (Å²) in [6.45, 7) is 8.31. The van der Waals surface area contributed by atoms with E-state index in [2.05, 4.69) is 30.7 Å². The maximum atomic E-state index is 9.06. The first-order chi connectivity index (χ1) is 6.49. The molecule has 1 N–H and O–H groups in total. The molecule has 0 aliphatic carbocycles. The smallest absolute Gasteiger partial charge is 0.133 e. The fourth-order valence-electron chi connectivity index (χ4n) is 1.24. The number of hydrogen-bond donors (Lipinski definition) is 1. The van der Waals surface area contributed by atoms with Crippen LogP contribution in [0.5, 0.6) is 0 Å². The molecule has 3 nitrogen and oxygen atoms in total. The molecule has 14 heavy (non-hydrogen) atoms. The molecule has 0 unspecified atom stereocenters. The van der Waals surface area contributed by atoms with Crippen LogP contribution >= 0.6 is 0 Å². The van der Waals surface area contributed by atoms with Crippen LogP contribution in [0.15, 0.2) is 6.20 Å². The standard InChI is InChI=1S/C11H18N2O/c1-5-9-8(7-14)6-12-10(13-9)11(2,3)4/h6,14H,5,7H2,1-4H3. The van der Waals surface area contributed by atoms with E-state index in [4.69, 9.17) is 5.11 Å². The van der Waals surface area contributed by atoms with Gasteiger partial charge in [0.15, 0.2) is 0 Å². The van der Waals surface area contributed by atoms with Gasteiger partial charge in [-0.15, -0.1) is 0 Å². The third kappa shape index (κ3) is 2.29. The van der Waals surface area contributed by atoms with Gasteiger partial charge in [-0.25, -0.2) is 9.97 Å². The van der Waals surface area contributed by atoms with E-state index in [1.54, 1.807) is 6.20 Å². The maximum absolute atomic E-state index is 9.06. The van der Waals surface area contributed by atoms with Crippen molar-refractivity contribution in [1.29, 1.82) is 0 Å². The highest BCUT2D eigenvalue weighted by Gasteiger charge is 2.18. The molecule has 1 aromatic rings. The van der Waals surface area contributed by atoms with Crippen LogP contribution in [0, 0.1) is 0 Å². The molecule has 0 fully saturated rings. The van der Waals surface area contributed by atoms with Crippen molar-refractivity contribution in [3.8, 4) is 0 Å². The Bertz CT molecular complexity index is 316. The van der Waals surface area contributed by atoms with E-state index in [0.717, 1.165) is 23.5 Å². The van der Waals surface area contributed by atoms with Crippen LogP contribution in [-0.2, 0) is 18.4 Å². The van der Waals surface area contributed by atoms with E-state index in [1.807, 2.05) is 6.92 Å². The summed E-state index contributed by atoms with van der Waals surface area (Å²) >= 11 is 0. The zero-order chi connectivity index (χ0) is 10.8.